The van der Waals surface area contributed by atoms with Crippen molar-refractivity contribution < 1.29 is 0 Å². The van der Waals surface area contributed by atoms with Gasteiger partial charge in [0.25, 0.3) is 0 Å². The van der Waals surface area contributed by atoms with Crippen LogP contribution in [-0.4, -0.2) is 35.8 Å². The van der Waals surface area contributed by atoms with Gasteiger partial charge in [-0.05, 0) is 50.9 Å². The van der Waals surface area contributed by atoms with Crippen molar-refractivity contribution in [3.05, 3.63) is 65.3 Å². The maximum Gasteiger partial charge on any atom is 0.126 e. The second-order valence-electron chi connectivity index (χ2n) is 7.23. The largest absolute Gasteiger partial charge is 0.327 e. The summed E-state index contributed by atoms with van der Waals surface area (Å²) in [5.41, 5.74) is 4.75. The van der Waals surface area contributed by atoms with Crippen LogP contribution >= 0.6 is 0 Å². The first-order valence-corrected chi connectivity index (χ1v) is 9.26. The van der Waals surface area contributed by atoms with E-state index in [2.05, 4.69) is 45.5 Å². The maximum absolute atomic E-state index is 4.79. The average Bonchev–Trinajstić information content (AvgIpc) is 3.30. The van der Waals surface area contributed by atoms with E-state index in [1.165, 1.54) is 29.2 Å². The number of likely N-dealkylation sites (tertiary alicyclic amines) is 1. The standard InChI is InChI=1S/C20H26N6/c1-15-10-18(24(3)23-15)14-25-9-5-7-19(25)20-22-11-16(2)26(20)13-17-6-4-8-21-12-17/h4,6,8,10-12,19H,5,7,9,13-14H2,1-3H3. The van der Waals surface area contributed by atoms with E-state index in [0.29, 0.717) is 6.04 Å². The third kappa shape index (κ3) is 3.29. The Bertz CT molecular complexity index is 879. The molecular weight excluding hydrogens is 324 g/mol. The molecule has 4 rings (SSSR count). The third-order valence-corrected chi connectivity index (χ3v) is 5.28. The first kappa shape index (κ1) is 17.0. The smallest absolute Gasteiger partial charge is 0.126 e. The molecule has 4 heterocycles. The Morgan fingerprint density at radius 3 is 2.81 bits per heavy atom. The predicted octanol–water partition coefficient (Wildman–Crippen LogP) is 3.01. The van der Waals surface area contributed by atoms with Crippen LogP contribution in [0.2, 0.25) is 0 Å². The molecular formula is C20H26N6. The van der Waals surface area contributed by atoms with Gasteiger partial charge in [0.15, 0.2) is 0 Å². The zero-order valence-corrected chi connectivity index (χ0v) is 15.8. The van der Waals surface area contributed by atoms with Crippen molar-refractivity contribution in [2.75, 3.05) is 6.54 Å². The zero-order chi connectivity index (χ0) is 18.1. The molecule has 1 saturated heterocycles. The molecule has 0 bridgehead atoms. The fourth-order valence-electron chi connectivity index (χ4n) is 3.95. The Hall–Kier alpha value is -2.47. The lowest BCUT2D eigenvalue weighted by Gasteiger charge is -2.25. The van der Waals surface area contributed by atoms with Gasteiger partial charge in [-0.25, -0.2) is 4.98 Å². The molecule has 1 fully saturated rings. The van der Waals surface area contributed by atoms with Crippen LogP contribution in [0.1, 0.15) is 47.4 Å². The van der Waals surface area contributed by atoms with Crippen molar-refractivity contribution in [2.45, 2.75) is 45.8 Å². The summed E-state index contributed by atoms with van der Waals surface area (Å²) >= 11 is 0. The molecule has 136 valence electrons. The zero-order valence-electron chi connectivity index (χ0n) is 15.8. The van der Waals surface area contributed by atoms with E-state index in [1.54, 1.807) is 0 Å². The molecule has 3 aromatic rings. The van der Waals surface area contributed by atoms with E-state index in [1.807, 2.05) is 36.4 Å². The highest BCUT2D eigenvalue weighted by atomic mass is 15.3. The van der Waals surface area contributed by atoms with Crippen molar-refractivity contribution in [1.29, 1.82) is 0 Å². The maximum atomic E-state index is 4.79. The van der Waals surface area contributed by atoms with Gasteiger partial charge >= 0.3 is 0 Å². The predicted molar refractivity (Wildman–Crippen MR) is 101 cm³/mol. The van der Waals surface area contributed by atoms with Gasteiger partial charge in [-0.3, -0.25) is 14.6 Å². The topological polar surface area (TPSA) is 51.8 Å². The number of rotatable bonds is 5. The molecule has 26 heavy (non-hydrogen) atoms. The number of nitrogens with zero attached hydrogens (tertiary/aromatic N) is 6. The van der Waals surface area contributed by atoms with Crippen LogP contribution in [0.3, 0.4) is 0 Å². The lowest BCUT2D eigenvalue weighted by atomic mass is 10.2. The minimum Gasteiger partial charge on any atom is -0.327 e. The Labute approximate surface area is 154 Å². The Morgan fingerprint density at radius 1 is 1.19 bits per heavy atom. The van der Waals surface area contributed by atoms with Gasteiger partial charge in [0.1, 0.15) is 5.82 Å². The summed E-state index contributed by atoms with van der Waals surface area (Å²) in [6.45, 7) is 7.03. The molecule has 6 heteroatoms. The quantitative estimate of drug-likeness (QED) is 0.710. The van der Waals surface area contributed by atoms with Crippen LogP contribution in [-0.2, 0) is 20.1 Å². The Morgan fingerprint density at radius 2 is 2.08 bits per heavy atom. The Balaban J connectivity index is 1.59. The minimum atomic E-state index is 0.357. The molecule has 0 N–H and O–H groups in total. The monoisotopic (exact) mass is 350 g/mol. The Kier molecular flexibility index (Phi) is 4.59. The molecule has 0 spiro atoms. The first-order chi connectivity index (χ1) is 12.6. The fourth-order valence-corrected chi connectivity index (χ4v) is 3.95. The van der Waals surface area contributed by atoms with Crippen LogP contribution in [0.5, 0.6) is 0 Å². The van der Waals surface area contributed by atoms with Crippen molar-refractivity contribution >= 4 is 0 Å². The second-order valence-corrected chi connectivity index (χ2v) is 7.23. The number of imidazole rings is 1. The van der Waals surface area contributed by atoms with Crippen molar-refractivity contribution in [2.24, 2.45) is 7.05 Å². The van der Waals surface area contributed by atoms with Gasteiger partial charge in [0, 0.05) is 37.9 Å². The average molecular weight is 350 g/mol. The molecule has 1 aliphatic rings. The number of hydrogen-bond donors (Lipinski definition) is 0. The van der Waals surface area contributed by atoms with Crippen molar-refractivity contribution in [3.63, 3.8) is 0 Å². The van der Waals surface area contributed by atoms with Crippen molar-refractivity contribution in [3.8, 4) is 0 Å². The highest BCUT2D eigenvalue weighted by Crippen LogP contribution is 2.33. The highest BCUT2D eigenvalue weighted by molar-refractivity contribution is 5.16. The molecule has 0 saturated carbocycles. The number of pyridine rings is 1. The molecule has 1 atom stereocenters. The van der Waals surface area contributed by atoms with E-state index in [0.717, 1.165) is 31.7 Å². The summed E-state index contributed by atoms with van der Waals surface area (Å²) in [4.78, 5) is 11.6. The van der Waals surface area contributed by atoms with Gasteiger partial charge < -0.3 is 4.57 Å². The SMILES string of the molecule is Cc1cc(CN2CCCC2c2ncc(C)n2Cc2cccnc2)n(C)n1. The molecule has 1 aliphatic heterocycles. The van der Waals surface area contributed by atoms with Crippen LogP contribution in [0, 0.1) is 13.8 Å². The normalized spacial score (nSPS) is 17.9. The molecule has 0 aliphatic carbocycles. The van der Waals surface area contributed by atoms with Gasteiger partial charge in [-0.2, -0.15) is 5.10 Å². The van der Waals surface area contributed by atoms with Gasteiger partial charge in [0.05, 0.1) is 24.0 Å². The van der Waals surface area contributed by atoms with Gasteiger partial charge in [-0.1, -0.05) is 6.07 Å². The fraction of sp³-hybridized carbons (Fsp3) is 0.450. The number of hydrogen-bond acceptors (Lipinski definition) is 4. The van der Waals surface area contributed by atoms with Gasteiger partial charge in [-0.15, -0.1) is 0 Å². The van der Waals surface area contributed by atoms with E-state index in [9.17, 15) is 0 Å². The molecule has 0 radical (unpaired) electrons. The van der Waals surface area contributed by atoms with Gasteiger partial charge in [0.2, 0.25) is 0 Å². The van der Waals surface area contributed by atoms with Crippen molar-refractivity contribution in [1.82, 2.24) is 29.2 Å². The summed E-state index contributed by atoms with van der Waals surface area (Å²) in [6, 6.07) is 6.66. The van der Waals surface area contributed by atoms with E-state index < -0.39 is 0 Å². The summed E-state index contributed by atoms with van der Waals surface area (Å²) in [6.07, 6.45) is 8.12. The molecule has 1 unspecified atom stereocenters. The second kappa shape index (κ2) is 7.03. The lowest BCUT2D eigenvalue weighted by molar-refractivity contribution is 0.229. The minimum absolute atomic E-state index is 0.357. The number of aryl methyl sites for hydroxylation is 3. The lowest BCUT2D eigenvalue weighted by Crippen LogP contribution is -2.26. The molecule has 0 aromatic carbocycles. The van der Waals surface area contributed by atoms with Crippen LogP contribution in [0.25, 0.3) is 0 Å². The van der Waals surface area contributed by atoms with E-state index >= 15 is 0 Å². The third-order valence-electron chi connectivity index (χ3n) is 5.28. The molecule has 0 amide bonds. The summed E-state index contributed by atoms with van der Waals surface area (Å²) in [5, 5.41) is 4.49. The summed E-state index contributed by atoms with van der Waals surface area (Å²) in [5.74, 6) is 1.17. The number of aromatic nitrogens is 5. The first-order valence-electron chi connectivity index (χ1n) is 9.26. The van der Waals surface area contributed by atoms with Crippen LogP contribution in [0.4, 0.5) is 0 Å². The van der Waals surface area contributed by atoms with Crippen LogP contribution < -0.4 is 0 Å². The summed E-state index contributed by atoms with van der Waals surface area (Å²) < 4.78 is 4.34. The van der Waals surface area contributed by atoms with Crippen LogP contribution in [0.15, 0.2) is 36.8 Å². The highest BCUT2D eigenvalue weighted by Gasteiger charge is 2.30. The van der Waals surface area contributed by atoms with E-state index in [-0.39, 0.29) is 0 Å². The summed E-state index contributed by atoms with van der Waals surface area (Å²) in [7, 11) is 2.03. The molecule has 6 nitrogen and oxygen atoms in total. The van der Waals surface area contributed by atoms with E-state index in [4.69, 9.17) is 4.98 Å². The molecule has 3 aromatic heterocycles.